The molecule has 6 heteroatoms. The van der Waals surface area contributed by atoms with Crippen LogP contribution in [0.5, 0.6) is 0 Å². The molecule has 3 heterocycles. The Kier molecular flexibility index (Phi) is 3.74. The van der Waals surface area contributed by atoms with Crippen molar-refractivity contribution in [2.75, 3.05) is 12.3 Å². The molecule has 1 aliphatic rings. The normalized spacial score (nSPS) is 19.9. The SMILES string of the molecule is NCC1CCC(c2ccncc2)n2nc(-c3ccc(N)cc3)nc21. The van der Waals surface area contributed by atoms with E-state index in [-0.39, 0.29) is 12.0 Å². The van der Waals surface area contributed by atoms with Gasteiger partial charge in [0, 0.05) is 36.1 Å². The Morgan fingerprint density at radius 3 is 2.50 bits per heavy atom. The molecule has 122 valence electrons. The van der Waals surface area contributed by atoms with Crippen LogP contribution < -0.4 is 11.5 Å². The van der Waals surface area contributed by atoms with Crippen molar-refractivity contribution < 1.29 is 0 Å². The molecule has 0 saturated heterocycles. The fourth-order valence-corrected chi connectivity index (χ4v) is 3.32. The van der Waals surface area contributed by atoms with Crippen molar-refractivity contribution in [3.63, 3.8) is 0 Å². The van der Waals surface area contributed by atoms with Crippen molar-refractivity contribution in [2.24, 2.45) is 5.73 Å². The maximum atomic E-state index is 5.96. The van der Waals surface area contributed by atoms with Crippen molar-refractivity contribution in [3.05, 3.63) is 60.2 Å². The Bertz CT molecular complexity index is 824. The highest BCUT2D eigenvalue weighted by molar-refractivity contribution is 5.58. The van der Waals surface area contributed by atoms with Crippen LogP contribution in [0.2, 0.25) is 0 Å². The van der Waals surface area contributed by atoms with Gasteiger partial charge in [-0.2, -0.15) is 5.10 Å². The van der Waals surface area contributed by atoms with E-state index >= 15 is 0 Å². The molecule has 2 atom stereocenters. The molecule has 1 aliphatic heterocycles. The largest absolute Gasteiger partial charge is 0.399 e. The van der Waals surface area contributed by atoms with Gasteiger partial charge in [0.2, 0.25) is 0 Å². The summed E-state index contributed by atoms with van der Waals surface area (Å²) in [7, 11) is 0. The predicted molar refractivity (Wildman–Crippen MR) is 93.3 cm³/mol. The van der Waals surface area contributed by atoms with Gasteiger partial charge in [-0.25, -0.2) is 9.67 Å². The number of benzene rings is 1. The summed E-state index contributed by atoms with van der Waals surface area (Å²) in [6, 6.07) is 11.9. The van der Waals surface area contributed by atoms with Crippen LogP contribution in [0.1, 0.15) is 36.2 Å². The van der Waals surface area contributed by atoms with Crippen LogP contribution in [0, 0.1) is 0 Å². The Balaban J connectivity index is 1.79. The van der Waals surface area contributed by atoms with Gasteiger partial charge in [0.25, 0.3) is 0 Å². The zero-order valence-corrected chi connectivity index (χ0v) is 13.3. The van der Waals surface area contributed by atoms with Gasteiger partial charge in [-0.05, 0) is 54.8 Å². The average Bonchev–Trinajstić information content (AvgIpc) is 3.07. The Morgan fingerprint density at radius 2 is 1.79 bits per heavy atom. The van der Waals surface area contributed by atoms with E-state index in [0.717, 1.165) is 35.7 Å². The van der Waals surface area contributed by atoms with E-state index in [4.69, 9.17) is 21.5 Å². The summed E-state index contributed by atoms with van der Waals surface area (Å²) in [6.45, 7) is 0.586. The summed E-state index contributed by atoms with van der Waals surface area (Å²) in [5, 5.41) is 4.80. The van der Waals surface area contributed by atoms with E-state index in [2.05, 4.69) is 4.98 Å². The number of anilines is 1. The van der Waals surface area contributed by atoms with Gasteiger partial charge >= 0.3 is 0 Å². The van der Waals surface area contributed by atoms with Crippen molar-refractivity contribution in [2.45, 2.75) is 24.8 Å². The number of nitrogens with two attached hydrogens (primary N) is 2. The molecule has 24 heavy (non-hydrogen) atoms. The molecule has 0 saturated carbocycles. The van der Waals surface area contributed by atoms with E-state index in [1.807, 2.05) is 53.5 Å². The zero-order valence-electron chi connectivity index (χ0n) is 13.3. The standard InChI is InChI=1S/C18H20N6/c19-11-14-3-6-16(12-7-9-21-10-8-12)24-18(14)22-17(23-24)13-1-4-15(20)5-2-13/h1-2,4-5,7-10,14,16H,3,6,11,19-20H2. The third kappa shape index (κ3) is 2.55. The first-order valence-electron chi connectivity index (χ1n) is 8.18. The molecule has 1 aromatic carbocycles. The number of pyridine rings is 1. The minimum Gasteiger partial charge on any atom is -0.399 e. The van der Waals surface area contributed by atoms with Gasteiger partial charge in [-0.3, -0.25) is 4.98 Å². The molecular weight excluding hydrogens is 300 g/mol. The topological polar surface area (TPSA) is 95.6 Å². The fourth-order valence-electron chi connectivity index (χ4n) is 3.32. The number of fused-ring (bicyclic) bond motifs is 1. The van der Waals surface area contributed by atoms with Crippen LogP contribution in [-0.2, 0) is 0 Å². The number of hydrogen-bond donors (Lipinski definition) is 2. The molecule has 0 spiro atoms. The van der Waals surface area contributed by atoms with Crippen molar-refractivity contribution >= 4 is 5.69 Å². The molecule has 3 aromatic rings. The summed E-state index contributed by atoms with van der Waals surface area (Å²) >= 11 is 0. The van der Waals surface area contributed by atoms with Crippen LogP contribution in [-0.4, -0.2) is 26.3 Å². The molecule has 4 rings (SSSR count). The lowest BCUT2D eigenvalue weighted by Crippen LogP contribution is -2.27. The summed E-state index contributed by atoms with van der Waals surface area (Å²) in [5.41, 5.74) is 14.6. The third-order valence-corrected chi connectivity index (χ3v) is 4.65. The smallest absolute Gasteiger partial charge is 0.181 e. The number of nitrogens with zero attached hydrogens (tertiary/aromatic N) is 4. The molecular formula is C18H20N6. The maximum absolute atomic E-state index is 5.96. The van der Waals surface area contributed by atoms with E-state index in [1.165, 1.54) is 5.56 Å². The molecule has 2 aromatic heterocycles. The van der Waals surface area contributed by atoms with E-state index in [0.29, 0.717) is 6.54 Å². The van der Waals surface area contributed by atoms with Gasteiger partial charge in [-0.15, -0.1) is 0 Å². The van der Waals surface area contributed by atoms with Gasteiger partial charge in [-0.1, -0.05) is 0 Å². The lowest BCUT2D eigenvalue weighted by Gasteiger charge is -2.28. The second-order valence-electron chi connectivity index (χ2n) is 6.17. The molecule has 0 bridgehead atoms. The monoisotopic (exact) mass is 320 g/mol. The van der Waals surface area contributed by atoms with Gasteiger partial charge in [0.15, 0.2) is 5.82 Å². The number of nitrogen functional groups attached to an aromatic ring is 1. The van der Waals surface area contributed by atoms with Gasteiger partial charge < -0.3 is 11.5 Å². The lowest BCUT2D eigenvalue weighted by molar-refractivity contribution is 0.368. The summed E-state index contributed by atoms with van der Waals surface area (Å²) in [5.74, 6) is 1.94. The van der Waals surface area contributed by atoms with Gasteiger partial charge in [0.1, 0.15) is 5.82 Å². The maximum Gasteiger partial charge on any atom is 0.181 e. The fraction of sp³-hybridized carbons (Fsp3) is 0.278. The molecule has 4 N–H and O–H groups in total. The Morgan fingerprint density at radius 1 is 1.04 bits per heavy atom. The molecule has 6 nitrogen and oxygen atoms in total. The van der Waals surface area contributed by atoms with Crippen molar-refractivity contribution in [1.29, 1.82) is 0 Å². The minimum atomic E-state index is 0.181. The van der Waals surface area contributed by atoms with E-state index in [9.17, 15) is 0 Å². The highest BCUT2D eigenvalue weighted by atomic mass is 15.4. The van der Waals surface area contributed by atoms with Crippen LogP contribution in [0.25, 0.3) is 11.4 Å². The summed E-state index contributed by atoms with van der Waals surface area (Å²) in [4.78, 5) is 8.91. The van der Waals surface area contributed by atoms with Crippen molar-refractivity contribution in [1.82, 2.24) is 19.7 Å². The zero-order chi connectivity index (χ0) is 16.5. The molecule has 2 unspecified atom stereocenters. The van der Waals surface area contributed by atoms with Crippen LogP contribution in [0.15, 0.2) is 48.8 Å². The quantitative estimate of drug-likeness (QED) is 0.722. The van der Waals surface area contributed by atoms with Crippen LogP contribution >= 0.6 is 0 Å². The highest BCUT2D eigenvalue weighted by Gasteiger charge is 2.30. The second-order valence-corrected chi connectivity index (χ2v) is 6.17. The van der Waals surface area contributed by atoms with Gasteiger partial charge in [0.05, 0.1) is 6.04 Å². The first kappa shape index (κ1) is 14.8. The highest BCUT2D eigenvalue weighted by Crippen LogP contribution is 2.36. The summed E-state index contributed by atoms with van der Waals surface area (Å²) < 4.78 is 2.04. The minimum absolute atomic E-state index is 0.181. The molecule has 0 radical (unpaired) electrons. The molecule has 0 fully saturated rings. The van der Waals surface area contributed by atoms with Crippen LogP contribution in [0.3, 0.4) is 0 Å². The lowest BCUT2D eigenvalue weighted by atomic mass is 9.91. The average molecular weight is 320 g/mol. The van der Waals surface area contributed by atoms with E-state index < -0.39 is 0 Å². The Hall–Kier alpha value is -2.73. The molecule has 0 amide bonds. The second kappa shape index (κ2) is 6.05. The summed E-state index contributed by atoms with van der Waals surface area (Å²) in [6.07, 6.45) is 5.66. The molecule has 0 aliphatic carbocycles. The first-order valence-corrected chi connectivity index (χ1v) is 8.18. The Labute approximate surface area is 140 Å². The number of aromatic nitrogens is 4. The number of rotatable bonds is 3. The first-order chi connectivity index (χ1) is 11.8. The number of hydrogen-bond acceptors (Lipinski definition) is 5. The predicted octanol–water partition coefficient (Wildman–Crippen LogP) is 2.35. The van der Waals surface area contributed by atoms with Crippen LogP contribution in [0.4, 0.5) is 5.69 Å². The third-order valence-electron chi connectivity index (χ3n) is 4.65. The van der Waals surface area contributed by atoms with E-state index in [1.54, 1.807) is 0 Å². The van der Waals surface area contributed by atoms with Crippen molar-refractivity contribution in [3.8, 4) is 11.4 Å².